The molecule has 2 saturated carbocycles. The number of aliphatic carboxylic acids is 1. The van der Waals surface area contributed by atoms with Crippen LogP contribution in [0.15, 0.2) is 48.5 Å². The summed E-state index contributed by atoms with van der Waals surface area (Å²) in [5.41, 5.74) is 3.35. The molecular weight excluding hydrogens is 376 g/mol. The highest BCUT2D eigenvalue weighted by Gasteiger charge is 2.60. The number of Topliss-reactive ketones (excluding diaryl/α,β-unsaturated/α-hetero) is 1. The van der Waals surface area contributed by atoms with Crippen LogP contribution in [-0.4, -0.2) is 16.9 Å². The lowest BCUT2D eigenvalue weighted by atomic mass is 9.54. The van der Waals surface area contributed by atoms with Gasteiger partial charge in [-0.2, -0.15) is 0 Å². The van der Waals surface area contributed by atoms with Crippen LogP contribution < -0.4 is 4.74 Å². The van der Waals surface area contributed by atoms with E-state index in [1.165, 1.54) is 11.1 Å². The molecule has 2 aromatic carbocycles. The van der Waals surface area contributed by atoms with E-state index >= 15 is 0 Å². The Kier molecular flexibility index (Phi) is 4.68. The fraction of sp³-hybridized carbons (Fsp3) is 0.462. The van der Waals surface area contributed by atoms with E-state index < -0.39 is 17.3 Å². The van der Waals surface area contributed by atoms with Crippen molar-refractivity contribution in [3.63, 3.8) is 0 Å². The minimum atomic E-state index is -0.798. The van der Waals surface area contributed by atoms with Gasteiger partial charge in [-0.1, -0.05) is 43.3 Å². The van der Waals surface area contributed by atoms with Gasteiger partial charge >= 0.3 is 5.97 Å². The Hall–Kier alpha value is -2.62. The summed E-state index contributed by atoms with van der Waals surface area (Å²) in [6, 6.07) is 16.5. The third-order valence-corrected chi connectivity index (χ3v) is 7.99. The summed E-state index contributed by atoms with van der Waals surface area (Å²) in [6.07, 6.45) is 3.85. The molecule has 0 radical (unpaired) electrons. The van der Waals surface area contributed by atoms with E-state index in [-0.39, 0.29) is 24.0 Å². The predicted molar refractivity (Wildman–Crippen MR) is 113 cm³/mol. The second-order valence-electron chi connectivity index (χ2n) is 9.50. The summed E-state index contributed by atoms with van der Waals surface area (Å²) in [6.45, 7) is 2.57. The average molecular weight is 405 g/mol. The molecule has 2 aromatic rings. The zero-order valence-corrected chi connectivity index (χ0v) is 17.3. The van der Waals surface area contributed by atoms with Gasteiger partial charge in [-0.3, -0.25) is 9.59 Å². The minimum Gasteiger partial charge on any atom is -0.489 e. The van der Waals surface area contributed by atoms with Gasteiger partial charge in [0.15, 0.2) is 0 Å². The Morgan fingerprint density at radius 3 is 2.73 bits per heavy atom. The van der Waals surface area contributed by atoms with Crippen molar-refractivity contribution in [2.45, 2.75) is 51.6 Å². The molecule has 5 rings (SSSR count). The molecule has 156 valence electrons. The number of carbonyl (C=O) groups excluding carboxylic acids is 1. The fourth-order valence-electron chi connectivity index (χ4n) is 6.51. The number of ether oxygens (including phenoxy) is 1. The first kappa shape index (κ1) is 19.3. The smallest absolute Gasteiger partial charge is 0.307 e. The van der Waals surface area contributed by atoms with E-state index in [9.17, 15) is 14.7 Å². The molecule has 1 unspecified atom stereocenters. The minimum absolute atomic E-state index is 0.0385. The first-order valence-electron chi connectivity index (χ1n) is 11.0. The summed E-state index contributed by atoms with van der Waals surface area (Å²) < 4.78 is 6.02. The molecule has 0 amide bonds. The van der Waals surface area contributed by atoms with Crippen LogP contribution in [0.4, 0.5) is 0 Å². The number of rotatable bonds is 4. The highest BCUT2D eigenvalue weighted by molar-refractivity contribution is 5.92. The molecule has 1 N–H and O–H groups in total. The third kappa shape index (κ3) is 3.05. The van der Waals surface area contributed by atoms with Crippen LogP contribution in [0.5, 0.6) is 5.75 Å². The number of hydrogen-bond donors (Lipinski definition) is 1. The zero-order valence-electron chi connectivity index (χ0n) is 17.3. The number of fused-ring (bicyclic) bond motifs is 5. The van der Waals surface area contributed by atoms with Gasteiger partial charge in [-0.15, -0.1) is 0 Å². The van der Waals surface area contributed by atoms with Crippen LogP contribution in [0.2, 0.25) is 0 Å². The zero-order chi connectivity index (χ0) is 20.9. The number of benzene rings is 2. The van der Waals surface area contributed by atoms with Crippen molar-refractivity contribution >= 4 is 11.8 Å². The molecular formula is C26H28O4. The van der Waals surface area contributed by atoms with Crippen molar-refractivity contribution in [2.24, 2.45) is 23.2 Å². The number of carboxylic acid groups (broad SMARTS) is 1. The molecule has 3 aliphatic rings. The third-order valence-electron chi connectivity index (χ3n) is 7.99. The number of carbonyl (C=O) groups is 2. The lowest BCUT2D eigenvalue weighted by Crippen LogP contribution is -2.45. The van der Waals surface area contributed by atoms with Gasteiger partial charge in [0.25, 0.3) is 0 Å². The highest BCUT2D eigenvalue weighted by atomic mass is 16.5. The van der Waals surface area contributed by atoms with Gasteiger partial charge in [0.05, 0.1) is 5.92 Å². The van der Waals surface area contributed by atoms with E-state index in [1.807, 2.05) is 31.2 Å². The maximum Gasteiger partial charge on any atom is 0.307 e. The molecule has 0 saturated heterocycles. The molecule has 0 spiro atoms. The maximum absolute atomic E-state index is 12.7. The lowest BCUT2D eigenvalue weighted by Gasteiger charge is -2.49. The fourth-order valence-corrected chi connectivity index (χ4v) is 6.51. The Bertz CT molecular complexity index is 982. The summed E-state index contributed by atoms with van der Waals surface area (Å²) in [4.78, 5) is 24.6. The van der Waals surface area contributed by atoms with Gasteiger partial charge in [0.2, 0.25) is 0 Å². The molecule has 0 aliphatic heterocycles. The van der Waals surface area contributed by atoms with Crippen molar-refractivity contribution in [3.8, 4) is 5.75 Å². The van der Waals surface area contributed by atoms with E-state index in [0.717, 1.165) is 37.0 Å². The van der Waals surface area contributed by atoms with E-state index in [4.69, 9.17) is 4.74 Å². The van der Waals surface area contributed by atoms with Crippen LogP contribution in [0, 0.1) is 23.2 Å². The monoisotopic (exact) mass is 404 g/mol. The Morgan fingerprint density at radius 1 is 1.17 bits per heavy atom. The molecule has 4 nitrogen and oxygen atoms in total. The largest absolute Gasteiger partial charge is 0.489 e. The second-order valence-corrected chi connectivity index (χ2v) is 9.50. The number of aryl methyl sites for hydroxylation is 1. The molecule has 3 aliphatic carbocycles. The highest BCUT2D eigenvalue weighted by Crippen LogP contribution is 2.61. The Morgan fingerprint density at radius 2 is 1.97 bits per heavy atom. The van der Waals surface area contributed by atoms with Crippen molar-refractivity contribution in [3.05, 3.63) is 65.2 Å². The van der Waals surface area contributed by atoms with E-state index in [1.54, 1.807) is 0 Å². The van der Waals surface area contributed by atoms with Gasteiger partial charge in [-0.25, -0.2) is 0 Å². The summed E-state index contributed by atoms with van der Waals surface area (Å²) in [5.74, 6) is 0.314. The van der Waals surface area contributed by atoms with Crippen molar-refractivity contribution in [1.82, 2.24) is 0 Å². The molecule has 4 heteroatoms. The molecule has 0 bridgehead atoms. The van der Waals surface area contributed by atoms with Gasteiger partial charge in [0.1, 0.15) is 18.1 Å². The van der Waals surface area contributed by atoms with Crippen LogP contribution in [-0.2, 0) is 22.6 Å². The number of carboxylic acids is 1. The lowest BCUT2D eigenvalue weighted by molar-refractivity contribution is -0.145. The van der Waals surface area contributed by atoms with Gasteiger partial charge in [-0.05, 0) is 72.3 Å². The van der Waals surface area contributed by atoms with Crippen LogP contribution in [0.3, 0.4) is 0 Å². The predicted octanol–water partition coefficient (Wildman–Crippen LogP) is 5.00. The average Bonchev–Trinajstić information content (AvgIpc) is 3.04. The van der Waals surface area contributed by atoms with E-state index in [2.05, 4.69) is 24.3 Å². The molecule has 0 heterocycles. The van der Waals surface area contributed by atoms with Crippen LogP contribution in [0.1, 0.15) is 55.2 Å². The molecule has 2 fully saturated rings. The molecule has 30 heavy (non-hydrogen) atoms. The van der Waals surface area contributed by atoms with Gasteiger partial charge in [0, 0.05) is 11.8 Å². The van der Waals surface area contributed by atoms with E-state index in [0.29, 0.717) is 12.5 Å². The van der Waals surface area contributed by atoms with Crippen LogP contribution in [0.25, 0.3) is 0 Å². The standard InChI is InChI=1S/C26H28O4/c1-26-12-11-20-19-10-8-18(30-15-16-5-3-2-4-6-16)13-17(19)7-9-21(20)24(26)22(25(28)29)14-23(26)27/h2-6,8,10,13,20-22,24H,7,9,11-12,14-15H2,1H3,(H,28,29)/t20-,21-,22?,24-,26-/m1/s1. The summed E-state index contributed by atoms with van der Waals surface area (Å²) in [7, 11) is 0. The first-order valence-corrected chi connectivity index (χ1v) is 11.0. The van der Waals surface area contributed by atoms with Crippen molar-refractivity contribution in [2.75, 3.05) is 0 Å². The number of ketones is 1. The summed E-state index contributed by atoms with van der Waals surface area (Å²) in [5, 5.41) is 9.79. The van der Waals surface area contributed by atoms with Crippen molar-refractivity contribution < 1.29 is 19.4 Å². The number of hydrogen-bond acceptors (Lipinski definition) is 3. The second kappa shape index (κ2) is 7.26. The topological polar surface area (TPSA) is 63.6 Å². The van der Waals surface area contributed by atoms with Crippen molar-refractivity contribution in [1.29, 1.82) is 0 Å². The summed E-state index contributed by atoms with van der Waals surface area (Å²) >= 11 is 0. The molecule has 0 aromatic heterocycles. The Labute approximate surface area is 177 Å². The first-order chi connectivity index (χ1) is 14.5. The Balaban J connectivity index is 1.39. The quantitative estimate of drug-likeness (QED) is 0.779. The normalized spacial score (nSPS) is 32.1. The SMILES string of the molecule is C[C@]12CC[C@@H]3c4ccc(OCc5ccccc5)cc4CC[C@H]3[C@@H]1C(C(=O)O)CC2=O. The van der Waals surface area contributed by atoms with Crippen LogP contribution >= 0.6 is 0 Å². The molecule has 5 atom stereocenters. The van der Waals surface area contributed by atoms with Gasteiger partial charge < -0.3 is 9.84 Å². The maximum atomic E-state index is 12.7.